The molecule has 1 fully saturated rings. The number of nitrogens with zero attached hydrogens (tertiary/aromatic N) is 1. The summed E-state index contributed by atoms with van der Waals surface area (Å²) in [4.78, 5) is 25.9. The molecule has 2 N–H and O–H groups in total. The van der Waals surface area contributed by atoms with Crippen LogP contribution in [0.3, 0.4) is 0 Å². The largest absolute Gasteiger partial charge is 0.465 e. The summed E-state index contributed by atoms with van der Waals surface area (Å²) in [5, 5.41) is 19.6. The Morgan fingerprint density at radius 3 is 2.47 bits per heavy atom. The highest BCUT2D eigenvalue weighted by Gasteiger charge is 2.28. The van der Waals surface area contributed by atoms with Crippen LogP contribution in [0.15, 0.2) is 36.4 Å². The van der Waals surface area contributed by atoms with Crippen LogP contribution < -0.4 is 4.90 Å². The number of hydrogen-bond donors (Lipinski definition) is 2. The summed E-state index contributed by atoms with van der Waals surface area (Å²) in [6.07, 6.45) is 3.27. The third-order valence-corrected chi connectivity index (χ3v) is 6.15. The maximum atomic E-state index is 11.7. The average Bonchev–Trinajstić information content (AvgIpc) is 3.40. The zero-order chi connectivity index (χ0) is 23.5. The highest BCUT2D eigenvalue weighted by molar-refractivity contribution is 7.13. The Balaban J connectivity index is 0.000000258. The Labute approximate surface area is 193 Å². The SMILES string of the molecule is CCCCCC(O)c1ccc(N2CC(O)CC2=O)cc1.COCc1ccc(C(=O)OC)s1. The number of anilines is 1. The van der Waals surface area contributed by atoms with Crippen molar-refractivity contribution in [2.75, 3.05) is 25.7 Å². The average molecular weight is 464 g/mol. The molecule has 8 heteroatoms. The van der Waals surface area contributed by atoms with E-state index in [0.717, 1.165) is 41.8 Å². The Morgan fingerprint density at radius 2 is 1.91 bits per heavy atom. The Bertz CT molecular complexity index is 850. The normalized spacial score (nSPS) is 16.5. The number of rotatable bonds is 9. The van der Waals surface area contributed by atoms with Gasteiger partial charge in [-0.2, -0.15) is 0 Å². The first kappa shape index (κ1) is 26.0. The molecule has 0 saturated carbocycles. The van der Waals surface area contributed by atoms with Crippen molar-refractivity contribution in [2.24, 2.45) is 0 Å². The van der Waals surface area contributed by atoms with Gasteiger partial charge in [0.05, 0.1) is 38.9 Å². The molecule has 0 bridgehead atoms. The van der Waals surface area contributed by atoms with Gasteiger partial charge in [-0.25, -0.2) is 4.79 Å². The van der Waals surface area contributed by atoms with Crippen LogP contribution in [0.25, 0.3) is 0 Å². The second kappa shape index (κ2) is 13.3. The number of β-amino-alcohol motifs (C(OH)–C–C–N with tert-alkyl or cyclic N) is 1. The summed E-state index contributed by atoms with van der Waals surface area (Å²) in [5.74, 6) is -0.337. The Kier molecular flexibility index (Phi) is 10.8. The molecule has 0 spiro atoms. The minimum Gasteiger partial charge on any atom is -0.465 e. The minimum atomic E-state index is -0.568. The van der Waals surface area contributed by atoms with Crippen LogP contribution in [-0.4, -0.2) is 49.0 Å². The van der Waals surface area contributed by atoms with Crippen LogP contribution in [0, 0.1) is 0 Å². The number of amides is 1. The number of aliphatic hydroxyl groups excluding tert-OH is 2. The van der Waals surface area contributed by atoms with E-state index in [0.29, 0.717) is 18.0 Å². The lowest BCUT2D eigenvalue weighted by Gasteiger charge is -2.17. The number of benzene rings is 1. The first-order valence-electron chi connectivity index (χ1n) is 10.8. The molecule has 2 heterocycles. The van der Waals surface area contributed by atoms with Crippen molar-refractivity contribution in [2.45, 2.75) is 57.8 Å². The van der Waals surface area contributed by atoms with Gasteiger partial charge in [-0.3, -0.25) is 4.79 Å². The van der Waals surface area contributed by atoms with Crippen LogP contribution in [0.1, 0.15) is 65.2 Å². The van der Waals surface area contributed by atoms with Crippen molar-refractivity contribution in [1.29, 1.82) is 0 Å². The Hall–Kier alpha value is -2.26. The fraction of sp³-hybridized carbons (Fsp3) is 0.500. The Morgan fingerprint density at radius 1 is 1.19 bits per heavy atom. The van der Waals surface area contributed by atoms with E-state index < -0.39 is 12.2 Å². The predicted octanol–water partition coefficient (Wildman–Crippen LogP) is 4.08. The molecule has 176 valence electrons. The maximum absolute atomic E-state index is 11.7. The molecule has 0 radical (unpaired) electrons. The number of methoxy groups -OCH3 is 2. The number of unbranched alkanes of at least 4 members (excludes halogenated alkanes) is 2. The van der Waals surface area contributed by atoms with Crippen LogP contribution in [-0.2, 0) is 20.9 Å². The molecule has 1 saturated heterocycles. The topological polar surface area (TPSA) is 96.3 Å². The highest BCUT2D eigenvalue weighted by Crippen LogP contribution is 2.25. The standard InChI is InChI=1S/C16H23NO3.C8H10O3S/c1-2-3-4-5-15(19)12-6-8-13(9-7-12)17-11-14(18)10-16(17)20;1-10-5-6-3-4-7(12-6)8(9)11-2/h6-9,14-15,18-19H,2-5,10-11H2,1H3;3-4H,5H2,1-2H3. The zero-order valence-electron chi connectivity index (χ0n) is 19.0. The highest BCUT2D eigenvalue weighted by atomic mass is 32.1. The summed E-state index contributed by atoms with van der Waals surface area (Å²) < 4.78 is 9.47. The molecular weight excluding hydrogens is 430 g/mol. The summed E-state index contributed by atoms with van der Waals surface area (Å²) in [6, 6.07) is 11.0. The minimum absolute atomic E-state index is 0.0475. The van der Waals surface area contributed by atoms with Crippen molar-refractivity contribution in [1.82, 2.24) is 0 Å². The number of carbonyl (C=O) groups excluding carboxylic acids is 2. The van der Waals surface area contributed by atoms with Gasteiger partial charge in [0.25, 0.3) is 0 Å². The van der Waals surface area contributed by atoms with E-state index in [1.165, 1.54) is 18.4 Å². The molecule has 3 rings (SSSR count). The fourth-order valence-corrected chi connectivity index (χ4v) is 4.28. The molecule has 32 heavy (non-hydrogen) atoms. The smallest absolute Gasteiger partial charge is 0.348 e. The summed E-state index contributed by atoms with van der Waals surface area (Å²) in [6.45, 7) is 3.04. The van der Waals surface area contributed by atoms with E-state index in [2.05, 4.69) is 11.7 Å². The number of aliphatic hydroxyl groups is 2. The first-order chi connectivity index (χ1) is 15.4. The molecule has 1 aliphatic rings. The number of hydrogen-bond acceptors (Lipinski definition) is 7. The third kappa shape index (κ3) is 7.70. The number of esters is 1. The second-order valence-electron chi connectivity index (χ2n) is 7.66. The van der Waals surface area contributed by atoms with Gasteiger partial charge in [-0.1, -0.05) is 38.3 Å². The predicted molar refractivity (Wildman–Crippen MR) is 125 cm³/mol. The molecule has 1 amide bonds. The second-order valence-corrected chi connectivity index (χ2v) is 8.82. The van der Waals surface area contributed by atoms with Crippen molar-refractivity contribution in [3.05, 3.63) is 51.7 Å². The van der Waals surface area contributed by atoms with Crippen LogP contribution >= 0.6 is 11.3 Å². The van der Waals surface area contributed by atoms with Crippen LogP contribution in [0.5, 0.6) is 0 Å². The maximum Gasteiger partial charge on any atom is 0.348 e. The van der Waals surface area contributed by atoms with E-state index in [4.69, 9.17) is 4.74 Å². The van der Waals surface area contributed by atoms with Crippen LogP contribution in [0.2, 0.25) is 0 Å². The van der Waals surface area contributed by atoms with Gasteiger partial charge in [0, 0.05) is 17.7 Å². The fourth-order valence-electron chi connectivity index (χ4n) is 3.38. The molecule has 1 aliphatic heterocycles. The summed E-state index contributed by atoms with van der Waals surface area (Å²) >= 11 is 1.39. The lowest BCUT2D eigenvalue weighted by Crippen LogP contribution is -2.25. The lowest BCUT2D eigenvalue weighted by molar-refractivity contribution is -0.117. The van der Waals surface area contributed by atoms with Gasteiger partial charge in [0.15, 0.2) is 0 Å². The molecule has 1 aromatic heterocycles. The number of carbonyl (C=O) groups is 2. The number of ether oxygens (including phenoxy) is 2. The lowest BCUT2D eigenvalue weighted by atomic mass is 10.0. The van der Waals surface area contributed by atoms with Crippen molar-refractivity contribution >= 4 is 28.9 Å². The van der Waals surface area contributed by atoms with E-state index in [9.17, 15) is 19.8 Å². The van der Waals surface area contributed by atoms with Crippen molar-refractivity contribution in [3.63, 3.8) is 0 Å². The van der Waals surface area contributed by atoms with Gasteiger partial charge < -0.3 is 24.6 Å². The van der Waals surface area contributed by atoms with E-state index in [-0.39, 0.29) is 18.3 Å². The van der Waals surface area contributed by atoms with Crippen molar-refractivity contribution < 1.29 is 29.3 Å². The molecule has 2 aromatic rings. The molecule has 1 aromatic carbocycles. The van der Waals surface area contributed by atoms with Crippen LogP contribution in [0.4, 0.5) is 5.69 Å². The quantitative estimate of drug-likeness (QED) is 0.430. The van der Waals surface area contributed by atoms with Gasteiger partial charge in [-0.15, -0.1) is 11.3 Å². The van der Waals surface area contributed by atoms with Gasteiger partial charge in [0.1, 0.15) is 4.88 Å². The zero-order valence-corrected chi connectivity index (χ0v) is 19.8. The molecular formula is C24H33NO6S. The van der Waals surface area contributed by atoms with E-state index in [1.54, 1.807) is 18.1 Å². The first-order valence-corrected chi connectivity index (χ1v) is 11.6. The molecule has 2 unspecified atom stereocenters. The van der Waals surface area contributed by atoms with Gasteiger partial charge >= 0.3 is 5.97 Å². The molecule has 7 nitrogen and oxygen atoms in total. The van der Waals surface area contributed by atoms with E-state index in [1.807, 2.05) is 30.3 Å². The third-order valence-electron chi connectivity index (χ3n) is 5.11. The summed E-state index contributed by atoms with van der Waals surface area (Å²) in [7, 11) is 3.00. The van der Waals surface area contributed by atoms with Gasteiger partial charge in [0.2, 0.25) is 5.91 Å². The van der Waals surface area contributed by atoms with Crippen molar-refractivity contribution in [3.8, 4) is 0 Å². The summed E-state index contributed by atoms with van der Waals surface area (Å²) in [5.41, 5.74) is 1.67. The molecule has 0 aliphatic carbocycles. The van der Waals surface area contributed by atoms with E-state index >= 15 is 0 Å². The monoisotopic (exact) mass is 463 g/mol. The molecule has 2 atom stereocenters. The van der Waals surface area contributed by atoms with Gasteiger partial charge in [-0.05, 0) is 36.2 Å². The number of thiophene rings is 1.